The summed E-state index contributed by atoms with van der Waals surface area (Å²) >= 11 is 9.81. The molecule has 102 valence electrons. The molecule has 2 aromatic rings. The van der Waals surface area contributed by atoms with Crippen molar-refractivity contribution in [3.05, 3.63) is 22.4 Å². The normalized spacial score (nSPS) is 18.2. The molecule has 6 heteroatoms. The number of thioether (sulfide) groups is 1. The number of hydrogen-bond donors (Lipinski definition) is 0. The van der Waals surface area contributed by atoms with Gasteiger partial charge in [0.15, 0.2) is 0 Å². The lowest BCUT2D eigenvalue weighted by molar-refractivity contribution is 0.220. The van der Waals surface area contributed by atoms with Crippen molar-refractivity contribution >= 4 is 44.9 Å². The third-order valence-corrected chi connectivity index (χ3v) is 5.79. The van der Waals surface area contributed by atoms with Crippen LogP contribution in [0.15, 0.2) is 11.4 Å². The summed E-state index contributed by atoms with van der Waals surface area (Å²) in [5.74, 6) is 0.850. The Morgan fingerprint density at radius 3 is 2.95 bits per heavy atom. The molecule has 19 heavy (non-hydrogen) atoms. The summed E-state index contributed by atoms with van der Waals surface area (Å²) in [7, 11) is 0. The fourth-order valence-corrected chi connectivity index (χ4v) is 4.21. The average molecular weight is 314 g/mol. The molecule has 0 amide bonds. The van der Waals surface area contributed by atoms with Gasteiger partial charge in [-0.2, -0.15) is 11.8 Å². The van der Waals surface area contributed by atoms with E-state index in [2.05, 4.69) is 21.1 Å². The number of aromatic nitrogens is 2. The molecule has 0 radical (unpaired) electrons. The van der Waals surface area contributed by atoms with Crippen LogP contribution in [0, 0.1) is 0 Å². The van der Waals surface area contributed by atoms with E-state index >= 15 is 0 Å². The molecule has 0 unspecified atom stereocenters. The summed E-state index contributed by atoms with van der Waals surface area (Å²) in [6, 6.07) is 1.98. The predicted molar refractivity (Wildman–Crippen MR) is 84.2 cm³/mol. The largest absolute Gasteiger partial charge is 0.296 e. The van der Waals surface area contributed by atoms with Crippen LogP contribution in [0.25, 0.3) is 10.2 Å². The zero-order chi connectivity index (χ0) is 13.2. The summed E-state index contributed by atoms with van der Waals surface area (Å²) in [5, 5.41) is 4.39. The highest BCUT2D eigenvalue weighted by molar-refractivity contribution is 7.99. The first-order valence-electron chi connectivity index (χ1n) is 6.41. The SMILES string of the molecule is CSC1CCN(Cc2nc(Cl)c3ccsc3n2)CC1. The van der Waals surface area contributed by atoms with Crippen molar-refractivity contribution in [3.8, 4) is 0 Å². The zero-order valence-corrected chi connectivity index (χ0v) is 13.2. The van der Waals surface area contributed by atoms with Crippen LogP contribution in [0.1, 0.15) is 18.7 Å². The van der Waals surface area contributed by atoms with E-state index in [0.717, 1.165) is 40.9 Å². The zero-order valence-electron chi connectivity index (χ0n) is 10.8. The molecule has 0 aromatic carbocycles. The highest BCUT2D eigenvalue weighted by Gasteiger charge is 2.19. The monoisotopic (exact) mass is 313 g/mol. The van der Waals surface area contributed by atoms with Crippen LogP contribution in [-0.2, 0) is 6.54 Å². The van der Waals surface area contributed by atoms with Crippen LogP contribution < -0.4 is 0 Å². The predicted octanol–water partition coefficient (Wildman–Crippen LogP) is 3.67. The summed E-state index contributed by atoms with van der Waals surface area (Å²) in [5.41, 5.74) is 0. The number of piperidine rings is 1. The number of halogens is 1. The number of likely N-dealkylation sites (tertiary alicyclic amines) is 1. The Morgan fingerprint density at radius 2 is 2.21 bits per heavy atom. The Balaban J connectivity index is 1.71. The number of fused-ring (bicyclic) bond motifs is 1. The van der Waals surface area contributed by atoms with Gasteiger partial charge in [0.05, 0.1) is 6.54 Å². The second-order valence-electron chi connectivity index (χ2n) is 4.78. The van der Waals surface area contributed by atoms with E-state index in [1.165, 1.54) is 12.8 Å². The van der Waals surface area contributed by atoms with Crippen molar-refractivity contribution < 1.29 is 0 Å². The Kier molecular flexibility index (Phi) is 4.27. The van der Waals surface area contributed by atoms with Crippen LogP contribution in [0.5, 0.6) is 0 Å². The van der Waals surface area contributed by atoms with Crippen molar-refractivity contribution in [3.63, 3.8) is 0 Å². The van der Waals surface area contributed by atoms with Gasteiger partial charge < -0.3 is 0 Å². The molecule has 3 heterocycles. The van der Waals surface area contributed by atoms with Crippen LogP contribution in [-0.4, -0.2) is 39.5 Å². The second kappa shape index (κ2) is 5.95. The topological polar surface area (TPSA) is 29.0 Å². The van der Waals surface area contributed by atoms with Gasteiger partial charge in [0, 0.05) is 10.6 Å². The Hall–Kier alpha value is -0.360. The fourth-order valence-electron chi connectivity index (χ4n) is 2.43. The quantitative estimate of drug-likeness (QED) is 0.808. The smallest absolute Gasteiger partial charge is 0.145 e. The Labute approximate surface area is 126 Å². The minimum absolute atomic E-state index is 0.584. The Bertz CT molecular complexity index is 564. The van der Waals surface area contributed by atoms with E-state index in [0.29, 0.717) is 5.15 Å². The molecule has 1 aliphatic heterocycles. The van der Waals surface area contributed by atoms with Gasteiger partial charge in [0.25, 0.3) is 0 Å². The van der Waals surface area contributed by atoms with E-state index in [-0.39, 0.29) is 0 Å². The third-order valence-electron chi connectivity index (χ3n) is 3.56. The summed E-state index contributed by atoms with van der Waals surface area (Å²) in [4.78, 5) is 12.4. The van der Waals surface area contributed by atoms with Crippen LogP contribution in [0.4, 0.5) is 0 Å². The molecule has 0 N–H and O–H groups in total. The van der Waals surface area contributed by atoms with E-state index in [4.69, 9.17) is 11.6 Å². The van der Waals surface area contributed by atoms with E-state index in [1.807, 2.05) is 23.2 Å². The molecule has 0 spiro atoms. The van der Waals surface area contributed by atoms with Crippen LogP contribution in [0.2, 0.25) is 5.15 Å². The third kappa shape index (κ3) is 3.05. The van der Waals surface area contributed by atoms with Gasteiger partial charge in [-0.1, -0.05) is 11.6 Å². The van der Waals surface area contributed by atoms with Gasteiger partial charge in [-0.15, -0.1) is 11.3 Å². The summed E-state index contributed by atoms with van der Waals surface area (Å²) < 4.78 is 0. The van der Waals surface area contributed by atoms with Crippen molar-refractivity contribution in [2.45, 2.75) is 24.6 Å². The van der Waals surface area contributed by atoms with Crippen LogP contribution in [0.3, 0.4) is 0 Å². The molecule has 0 bridgehead atoms. The molecule has 3 nitrogen and oxygen atoms in total. The van der Waals surface area contributed by atoms with Crippen molar-refractivity contribution in [1.82, 2.24) is 14.9 Å². The maximum Gasteiger partial charge on any atom is 0.145 e. The first-order valence-corrected chi connectivity index (χ1v) is 8.95. The van der Waals surface area contributed by atoms with Crippen LogP contribution >= 0.6 is 34.7 Å². The molecule has 1 fully saturated rings. The van der Waals surface area contributed by atoms with E-state index in [9.17, 15) is 0 Å². The molecular formula is C13H16ClN3S2. The fraction of sp³-hybridized carbons (Fsp3) is 0.538. The van der Waals surface area contributed by atoms with Gasteiger partial charge in [-0.3, -0.25) is 4.90 Å². The minimum Gasteiger partial charge on any atom is -0.296 e. The lowest BCUT2D eigenvalue weighted by Crippen LogP contribution is -2.34. The van der Waals surface area contributed by atoms with Gasteiger partial charge in [-0.25, -0.2) is 9.97 Å². The summed E-state index contributed by atoms with van der Waals surface area (Å²) in [6.45, 7) is 3.08. The van der Waals surface area contributed by atoms with E-state index in [1.54, 1.807) is 11.3 Å². The number of nitrogens with zero attached hydrogens (tertiary/aromatic N) is 3. The Morgan fingerprint density at radius 1 is 1.42 bits per heavy atom. The number of rotatable bonds is 3. The van der Waals surface area contributed by atoms with Gasteiger partial charge in [-0.05, 0) is 43.6 Å². The average Bonchev–Trinajstić information content (AvgIpc) is 2.88. The van der Waals surface area contributed by atoms with Crippen molar-refractivity contribution in [1.29, 1.82) is 0 Å². The first kappa shape index (κ1) is 13.6. The molecule has 1 saturated heterocycles. The molecule has 0 atom stereocenters. The second-order valence-corrected chi connectivity index (χ2v) is 7.17. The van der Waals surface area contributed by atoms with Gasteiger partial charge in [0.1, 0.15) is 15.8 Å². The van der Waals surface area contributed by atoms with Crippen molar-refractivity contribution in [2.75, 3.05) is 19.3 Å². The molecule has 0 aliphatic carbocycles. The maximum atomic E-state index is 6.20. The highest BCUT2D eigenvalue weighted by atomic mass is 35.5. The molecule has 3 rings (SSSR count). The number of hydrogen-bond acceptors (Lipinski definition) is 5. The standard InChI is InChI=1S/C13H16ClN3S2/c1-18-9-2-5-17(6-3-9)8-11-15-12(14)10-4-7-19-13(10)16-11/h4,7,9H,2-3,5-6,8H2,1H3. The lowest BCUT2D eigenvalue weighted by atomic mass is 10.1. The molecular weight excluding hydrogens is 298 g/mol. The van der Waals surface area contributed by atoms with Crippen molar-refractivity contribution in [2.24, 2.45) is 0 Å². The first-order chi connectivity index (χ1) is 9.26. The minimum atomic E-state index is 0.584. The molecule has 1 aliphatic rings. The highest BCUT2D eigenvalue weighted by Crippen LogP contribution is 2.26. The number of thiophene rings is 1. The maximum absolute atomic E-state index is 6.20. The van der Waals surface area contributed by atoms with Gasteiger partial charge in [0.2, 0.25) is 0 Å². The van der Waals surface area contributed by atoms with Gasteiger partial charge >= 0.3 is 0 Å². The molecule has 0 saturated carbocycles. The molecule has 2 aromatic heterocycles. The lowest BCUT2D eigenvalue weighted by Gasteiger charge is -2.30. The summed E-state index contributed by atoms with van der Waals surface area (Å²) in [6.07, 6.45) is 4.72. The van der Waals surface area contributed by atoms with E-state index < -0.39 is 0 Å².